The Morgan fingerprint density at radius 3 is 2.12 bits per heavy atom. The molecule has 2 heteroatoms. The normalized spacial score (nSPS) is 38.3. The number of hydrogen-bond acceptors (Lipinski definition) is 2. The minimum absolute atomic E-state index is 0.178. The molecule has 1 aliphatic heterocycles. The van der Waals surface area contributed by atoms with Gasteiger partial charge in [0, 0.05) is 5.75 Å². The van der Waals surface area contributed by atoms with Gasteiger partial charge in [-0.25, -0.2) is 0 Å². The van der Waals surface area contributed by atoms with E-state index in [-0.39, 0.29) is 4.93 Å². The molecule has 0 atom stereocenters. The molecule has 2 rings (SSSR count). The molecule has 2 fully saturated rings. The summed E-state index contributed by atoms with van der Waals surface area (Å²) in [6.45, 7) is 12.7. The molecular weight excluding hydrogens is 228 g/mol. The lowest BCUT2D eigenvalue weighted by atomic mass is 9.71. The second-order valence-electron chi connectivity index (χ2n) is 7.79. The molecule has 0 N–H and O–H groups in total. The van der Waals surface area contributed by atoms with E-state index in [2.05, 4.69) is 46.4 Å². The Morgan fingerprint density at radius 2 is 1.71 bits per heavy atom. The molecule has 0 aromatic rings. The van der Waals surface area contributed by atoms with Crippen LogP contribution < -0.4 is 0 Å². The van der Waals surface area contributed by atoms with E-state index in [1.165, 1.54) is 31.4 Å². The maximum absolute atomic E-state index is 6.25. The number of thioether (sulfide) groups is 1. The average molecular weight is 256 g/mol. The molecule has 0 radical (unpaired) electrons. The van der Waals surface area contributed by atoms with Gasteiger partial charge in [-0.15, -0.1) is 11.8 Å². The van der Waals surface area contributed by atoms with Crippen molar-refractivity contribution < 1.29 is 4.74 Å². The Bertz CT molecular complexity index is 257. The first kappa shape index (κ1) is 13.7. The van der Waals surface area contributed by atoms with E-state index in [1.54, 1.807) is 0 Å². The first-order valence-corrected chi connectivity index (χ1v) is 7.99. The van der Waals surface area contributed by atoms with Gasteiger partial charge in [0.2, 0.25) is 0 Å². The SMILES string of the molecule is CC1(C)COC2(CCC(C(C)(C)C)CC2)SC1. The Morgan fingerprint density at radius 1 is 1.12 bits per heavy atom. The van der Waals surface area contributed by atoms with E-state index in [0.717, 1.165) is 12.5 Å². The fourth-order valence-corrected chi connectivity index (χ4v) is 4.35. The van der Waals surface area contributed by atoms with Gasteiger partial charge in [-0.2, -0.15) is 0 Å². The van der Waals surface area contributed by atoms with Crippen LogP contribution in [0.5, 0.6) is 0 Å². The van der Waals surface area contributed by atoms with Crippen LogP contribution in [0.4, 0.5) is 0 Å². The van der Waals surface area contributed by atoms with Crippen LogP contribution >= 0.6 is 11.8 Å². The Labute approximate surface area is 111 Å². The van der Waals surface area contributed by atoms with Gasteiger partial charge in [-0.3, -0.25) is 0 Å². The number of hydrogen-bond donors (Lipinski definition) is 0. The fraction of sp³-hybridized carbons (Fsp3) is 1.00. The molecule has 1 aliphatic carbocycles. The molecule has 0 unspecified atom stereocenters. The highest BCUT2D eigenvalue weighted by Crippen LogP contribution is 2.51. The lowest BCUT2D eigenvalue weighted by Crippen LogP contribution is -2.44. The zero-order valence-electron chi connectivity index (χ0n) is 12.1. The third-order valence-electron chi connectivity index (χ3n) is 4.42. The van der Waals surface area contributed by atoms with Crippen LogP contribution in [0.25, 0.3) is 0 Å². The second kappa shape index (κ2) is 4.45. The van der Waals surface area contributed by atoms with E-state index >= 15 is 0 Å². The fourth-order valence-electron chi connectivity index (χ4n) is 2.95. The highest BCUT2D eigenvalue weighted by Gasteiger charge is 2.44. The molecule has 0 bridgehead atoms. The Balaban J connectivity index is 1.91. The second-order valence-corrected chi connectivity index (χ2v) is 9.11. The lowest BCUT2D eigenvalue weighted by molar-refractivity contribution is -0.0577. The van der Waals surface area contributed by atoms with Crippen LogP contribution in [0.3, 0.4) is 0 Å². The predicted molar refractivity (Wildman–Crippen MR) is 76.3 cm³/mol. The summed E-state index contributed by atoms with van der Waals surface area (Å²) in [7, 11) is 0. The third-order valence-corrected chi connectivity index (χ3v) is 6.40. The van der Waals surface area contributed by atoms with E-state index in [4.69, 9.17) is 4.74 Å². The van der Waals surface area contributed by atoms with E-state index in [9.17, 15) is 0 Å². The Kier molecular flexibility index (Phi) is 3.60. The van der Waals surface area contributed by atoms with Crippen molar-refractivity contribution in [3.63, 3.8) is 0 Å². The summed E-state index contributed by atoms with van der Waals surface area (Å²) >= 11 is 2.08. The van der Waals surface area contributed by atoms with Gasteiger partial charge >= 0.3 is 0 Å². The van der Waals surface area contributed by atoms with Gasteiger partial charge in [0.15, 0.2) is 0 Å². The summed E-state index contributed by atoms with van der Waals surface area (Å²) in [5.74, 6) is 2.14. The van der Waals surface area contributed by atoms with Crippen LogP contribution in [0, 0.1) is 16.7 Å². The van der Waals surface area contributed by atoms with Gasteiger partial charge in [-0.1, -0.05) is 34.6 Å². The average Bonchev–Trinajstić information content (AvgIpc) is 2.23. The number of rotatable bonds is 0. The topological polar surface area (TPSA) is 9.23 Å². The van der Waals surface area contributed by atoms with Crippen molar-refractivity contribution in [1.82, 2.24) is 0 Å². The molecule has 0 amide bonds. The largest absolute Gasteiger partial charge is 0.364 e. The minimum atomic E-state index is 0.178. The van der Waals surface area contributed by atoms with E-state index in [0.29, 0.717) is 10.8 Å². The Hall–Kier alpha value is 0.310. The summed E-state index contributed by atoms with van der Waals surface area (Å²) in [4.78, 5) is 0.178. The summed E-state index contributed by atoms with van der Waals surface area (Å²) < 4.78 is 6.25. The van der Waals surface area contributed by atoms with Crippen LogP contribution in [-0.4, -0.2) is 17.3 Å². The molecule has 1 saturated heterocycles. The quantitative estimate of drug-likeness (QED) is 0.621. The summed E-state index contributed by atoms with van der Waals surface area (Å²) in [5, 5.41) is 0. The smallest absolute Gasteiger partial charge is 0.113 e. The summed E-state index contributed by atoms with van der Waals surface area (Å²) in [5.41, 5.74) is 0.844. The molecule has 17 heavy (non-hydrogen) atoms. The van der Waals surface area contributed by atoms with Crippen LogP contribution in [-0.2, 0) is 4.74 Å². The molecule has 0 aromatic heterocycles. The zero-order valence-corrected chi connectivity index (χ0v) is 13.0. The first-order valence-electron chi connectivity index (χ1n) is 7.00. The third kappa shape index (κ3) is 3.20. The molecule has 2 aliphatic rings. The highest BCUT2D eigenvalue weighted by atomic mass is 32.2. The lowest BCUT2D eigenvalue weighted by Gasteiger charge is -2.48. The molecule has 100 valence electrons. The predicted octanol–water partition coefficient (Wildman–Crippen LogP) is 4.71. The van der Waals surface area contributed by atoms with Crippen molar-refractivity contribution in [2.75, 3.05) is 12.4 Å². The molecule has 0 aromatic carbocycles. The monoisotopic (exact) mass is 256 g/mol. The van der Waals surface area contributed by atoms with Gasteiger partial charge in [-0.05, 0) is 42.4 Å². The number of ether oxygens (including phenoxy) is 1. The standard InChI is InChI=1S/C15H28OS/c1-13(2,3)12-6-8-15(9-7-12)16-10-14(4,5)11-17-15/h12H,6-11H2,1-5H3. The van der Waals surface area contributed by atoms with Gasteiger partial charge in [0.25, 0.3) is 0 Å². The highest BCUT2D eigenvalue weighted by molar-refractivity contribution is 8.00. The molecule has 1 saturated carbocycles. The van der Waals surface area contributed by atoms with Crippen LogP contribution in [0.2, 0.25) is 0 Å². The minimum Gasteiger partial charge on any atom is -0.364 e. The van der Waals surface area contributed by atoms with Crippen molar-refractivity contribution in [3.8, 4) is 0 Å². The molecular formula is C15H28OS. The first-order chi connectivity index (χ1) is 7.73. The molecule has 1 heterocycles. The van der Waals surface area contributed by atoms with Crippen LogP contribution in [0.1, 0.15) is 60.3 Å². The summed E-state index contributed by atoms with van der Waals surface area (Å²) in [6, 6.07) is 0. The van der Waals surface area contributed by atoms with Crippen molar-refractivity contribution in [3.05, 3.63) is 0 Å². The van der Waals surface area contributed by atoms with Crippen molar-refractivity contribution >= 4 is 11.8 Å². The zero-order chi connectivity index (χ0) is 12.7. The molecule has 1 nitrogen and oxygen atoms in total. The van der Waals surface area contributed by atoms with Gasteiger partial charge in [0.1, 0.15) is 4.93 Å². The van der Waals surface area contributed by atoms with E-state index < -0.39 is 0 Å². The maximum Gasteiger partial charge on any atom is 0.113 e. The van der Waals surface area contributed by atoms with Gasteiger partial charge < -0.3 is 4.74 Å². The van der Waals surface area contributed by atoms with Crippen molar-refractivity contribution in [1.29, 1.82) is 0 Å². The summed E-state index contributed by atoms with van der Waals surface area (Å²) in [6.07, 6.45) is 5.21. The van der Waals surface area contributed by atoms with Crippen LogP contribution in [0.15, 0.2) is 0 Å². The van der Waals surface area contributed by atoms with Crippen molar-refractivity contribution in [2.24, 2.45) is 16.7 Å². The van der Waals surface area contributed by atoms with Gasteiger partial charge in [0.05, 0.1) is 6.61 Å². The maximum atomic E-state index is 6.25. The van der Waals surface area contributed by atoms with Crippen molar-refractivity contribution in [2.45, 2.75) is 65.2 Å². The molecule has 1 spiro atoms. The van der Waals surface area contributed by atoms with E-state index in [1.807, 2.05) is 0 Å².